The number of amides is 1. The third kappa shape index (κ3) is 4.41. The lowest BCUT2D eigenvalue weighted by Gasteiger charge is -2.17. The summed E-state index contributed by atoms with van der Waals surface area (Å²) in [5, 5.41) is 0. The summed E-state index contributed by atoms with van der Waals surface area (Å²) in [4.78, 5) is 14.5. The van der Waals surface area contributed by atoms with Gasteiger partial charge in [-0.25, -0.2) is 0 Å². The maximum Gasteiger partial charge on any atom is 0.263 e. The Kier molecular flexibility index (Phi) is 5.62. The Labute approximate surface area is 115 Å². The highest BCUT2D eigenvalue weighted by atomic mass is 79.9. The molecule has 1 heterocycles. The summed E-state index contributed by atoms with van der Waals surface area (Å²) >= 11 is 4.90. The lowest BCUT2D eigenvalue weighted by molar-refractivity contribution is 0.0534. The topological polar surface area (TPSA) is 29.5 Å². The number of aryl methyl sites for hydroxylation is 1. The number of hydrogen-bond donors (Lipinski definition) is 0. The van der Waals surface area contributed by atoms with E-state index in [4.69, 9.17) is 4.74 Å². The molecular weight excluding hydrogens is 302 g/mol. The SMILES string of the molecule is Cc1cc(C(=O)N(C)CCOC(C)C)sc1Br. The van der Waals surface area contributed by atoms with Crippen LogP contribution in [-0.2, 0) is 4.74 Å². The van der Waals surface area contributed by atoms with E-state index in [-0.39, 0.29) is 12.0 Å². The molecule has 0 bridgehead atoms. The van der Waals surface area contributed by atoms with Crippen LogP contribution in [0.5, 0.6) is 0 Å². The van der Waals surface area contributed by atoms with Crippen LogP contribution < -0.4 is 0 Å². The number of carbonyl (C=O) groups is 1. The van der Waals surface area contributed by atoms with Gasteiger partial charge in [0.2, 0.25) is 0 Å². The number of likely N-dealkylation sites (N-methyl/N-ethyl adjacent to an activating group) is 1. The Morgan fingerprint density at radius 3 is 2.71 bits per heavy atom. The molecule has 0 N–H and O–H groups in total. The van der Waals surface area contributed by atoms with E-state index in [1.165, 1.54) is 11.3 Å². The molecule has 0 saturated carbocycles. The van der Waals surface area contributed by atoms with Crippen LogP contribution in [0.25, 0.3) is 0 Å². The zero-order valence-corrected chi connectivity index (χ0v) is 13.0. The Balaban J connectivity index is 2.52. The highest BCUT2D eigenvalue weighted by molar-refractivity contribution is 9.11. The van der Waals surface area contributed by atoms with Crippen LogP contribution in [0.4, 0.5) is 0 Å². The molecule has 1 rings (SSSR count). The largest absolute Gasteiger partial charge is 0.377 e. The number of rotatable bonds is 5. The summed E-state index contributed by atoms with van der Waals surface area (Å²) in [6, 6.07) is 1.91. The smallest absolute Gasteiger partial charge is 0.263 e. The van der Waals surface area contributed by atoms with Crippen molar-refractivity contribution in [3.8, 4) is 0 Å². The second kappa shape index (κ2) is 6.52. The highest BCUT2D eigenvalue weighted by Gasteiger charge is 2.15. The quantitative estimate of drug-likeness (QED) is 0.833. The van der Waals surface area contributed by atoms with Crippen molar-refractivity contribution in [1.29, 1.82) is 0 Å². The summed E-state index contributed by atoms with van der Waals surface area (Å²) in [5.41, 5.74) is 1.10. The number of ether oxygens (including phenoxy) is 1. The van der Waals surface area contributed by atoms with Crippen molar-refractivity contribution in [2.75, 3.05) is 20.2 Å². The van der Waals surface area contributed by atoms with Crippen molar-refractivity contribution < 1.29 is 9.53 Å². The monoisotopic (exact) mass is 319 g/mol. The lowest BCUT2D eigenvalue weighted by atomic mass is 10.3. The fourth-order valence-corrected chi connectivity index (χ4v) is 2.81. The number of hydrogen-bond acceptors (Lipinski definition) is 3. The minimum atomic E-state index is 0.0520. The van der Waals surface area contributed by atoms with E-state index in [2.05, 4.69) is 15.9 Å². The molecule has 0 saturated heterocycles. The van der Waals surface area contributed by atoms with Crippen molar-refractivity contribution in [2.45, 2.75) is 26.9 Å². The van der Waals surface area contributed by atoms with Gasteiger partial charge in [0.25, 0.3) is 5.91 Å². The Morgan fingerprint density at radius 2 is 2.24 bits per heavy atom. The molecule has 0 aliphatic rings. The van der Waals surface area contributed by atoms with Gasteiger partial charge in [0.1, 0.15) is 0 Å². The van der Waals surface area contributed by atoms with Gasteiger partial charge in [-0.2, -0.15) is 0 Å². The number of thiophene rings is 1. The zero-order chi connectivity index (χ0) is 13.0. The van der Waals surface area contributed by atoms with Crippen LogP contribution in [0, 0.1) is 6.92 Å². The van der Waals surface area contributed by atoms with Gasteiger partial charge in [0, 0.05) is 13.6 Å². The molecule has 0 unspecified atom stereocenters. The normalized spacial score (nSPS) is 10.9. The summed E-state index contributed by atoms with van der Waals surface area (Å²) in [6.45, 7) is 7.15. The molecule has 96 valence electrons. The van der Waals surface area contributed by atoms with Crippen LogP contribution in [0.3, 0.4) is 0 Å². The molecule has 0 atom stereocenters. The molecule has 0 fully saturated rings. The van der Waals surface area contributed by atoms with Crippen molar-refractivity contribution >= 4 is 33.2 Å². The molecule has 1 aromatic rings. The maximum absolute atomic E-state index is 12.0. The summed E-state index contributed by atoms with van der Waals surface area (Å²) in [7, 11) is 1.80. The molecule has 1 aromatic heterocycles. The Morgan fingerprint density at radius 1 is 1.59 bits per heavy atom. The van der Waals surface area contributed by atoms with Gasteiger partial charge in [-0.05, 0) is 48.3 Å². The molecule has 0 spiro atoms. The van der Waals surface area contributed by atoms with Crippen LogP contribution >= 0.6 is 27.3 Å². The Bertz CT molecular complexity index is 370. The standard InChI is InChI=1S/C12H18BrNO2S/c1-8(2)16-6-5-14(4)12(15)10-7-9(3)11(13)17-10/h7-8H,5-6H2,1-4H3. The van der Waals surface area contributed by atoms with E-state index >= 15 is 0 Å². The van der Waals surface area contributed by atoms with E-state index in [0.717, 1.165) is 14.2 Å². The first-order valence-corrected chi connectivity index (χ1v) is 7.15. The number of nitrogens with zero attached hydrogens (tertiary/aromatic N) is 1. The van der Waals surface area contributed by atoms with E-state index in [1.807, 2.05) is 26.8 Å². The van der Waals surface area contributed by atoms with Crippen LogP contribution in [0.2, 0.25) is 0 Å². The molecule has 0 aromatic carbocycles. The minimum Gasteiger partial charge on any atom is -0.377 e. The first-order chi connectivity index (χ1) is 7.91. The molecule has 0 aliphatic carbocycles. The third-order valence-electron chi connectivity index (χ3n) is 2.29. The second-order valence-electron chi connectivity index (χ2n) is 4.21. The first-order valence-electron chi connectivity index (χ1n) is 5.54. The molecular formula is C12H18BrNO2S. The van der Waals surface area contributed by atoms with Crippen LogP contribution in [-0.4, -0.2) is 37.1 Å². The second-order valence-corrected chi connectivity index (χ2v) is 6.58. The molecule has 5 heteroatoms. The molecule has 3 nitrogen and oxygen atoms in total. The first kappa shape index (κ1) is 14.7. The van der Waals surface area contributed by atoms with Crippen molar-refractivity contribution in [3.63, 3.8) is 0 Å². The average molecular weight is 320 g/mol. The number of carbonyl (C=O) groups excluding carboxylic acids is 1. The van der Waals surface area contributed by atoms with E-state index < -0.39 is 0 Å². The average Bonchev–Trinajstić information content (AvgIpc) is 2.57. The van der Waals surface area contributed by atoms with Gasteiger partial charge < -0.3 is 9.64 Å². The molecule has 17 heavy (non-hydrogen) atoms. The highest BCUT2D eigenvalue weighted by Crippen LogP contribution is 2.27. The van der Waals surface area contributed by atoms with Crippen LogP contribution in [0.1, 0.15) is 29.1 Å². The van der Waals surface area contributed by atoms with Gasteiger partial charge in [-0.1, -0.05) is 0 Å². The summed E-state index contributed by atoms with van der Waals surface area (Å²) in [5.74, 6) is 0.0520. The minimum absolute atomic E-state index is 0.0520. The predicted molar refractivity (Wildman–Crippen MR) is 74.8 cm³/mol. The van der Waals surface area contributed by atoms with Gasteiger partial charge in [0.05, 0.1) is 21.4 Å². The fraction of sp³-hybridized carbons (Fsp3) is 0.583. The van der Waals surface area contributed by atoms with Gasteiger partial charge in [0.15, 0.2) is 0 Å². The summed E-state index contributed by atoms with van der Waals surface area (Å²) in [6.07, 6.45) is 0.205. The van der Waals surface area contributed by atoms with E-state index in [9.17, 15) is 4.79 Å². The van der Waals surface area contributed by atoms with E-state index in [1.54, 1.807) is 11.9 Å². The van der Waals surface area contributed by atoms with Crippen LogP contribution in [0.15, 0.2) is 9.85 Å². The Hall–Kier alpha value is -0.390. The van der Waals surface area contributed by atoms with Gasteiger partial charge in [-0.15, -0.1) is 11.3 Å². The maximum atomic E-state index is 12.0. The lowest BCUT2D eigenvalue weighted by Crippen LogP contribution is -2.30. The molecule has 0 radical (unpaired) electrons. The van der Waals surface area contributed by atoms with Gasteiger partial charge in [-0.3, -0.25) is 4.79 Å². The van der Waals surface area contributed by atoms with E-state index in [0.29, 0.717) is 13.2 Å². The zero-order valence-electron chi connectivity index (χ0n) is 10.6. The van der Waals surface area contributed by atoms with Crippen molar-refractivity contribution in [3.05, 3.63) is 20.3 Å². The molecule has 0 aliphatic heterocycles. The third-order valence-corrected chi connectivity index (χ3v) is 4.42. The molecule has 1 amide bonds. The van der Waals surface area contributed by atoms with Crippen molar-refractivity contribution in [2.24, 2.45) is 0 Å². The summed E-state index contributed by atoms with van der Waals surface area (Å²) < 4.78 is 6.45. The van der Waals surface area contributed by atoms with Crippen molar-refractivity contribution in [1.82, 2.24) is 4.90 Å². The predicted octanol–water partition coefficient (Wildman–Crippen LogP) is 3.32. The number of halogens is 1. The fourth-order valence-electron chi connectivity index (χ4n) is 1.28. The van der Waals surface area contributed by atoms with Gasteiger partial charge >= 0.3 is 0 Å².